The van der Waals surface area contributed by atoms with Gasteiger partial charge < -0.3 is 15.1 Å². The first-order valence-electron chi connectivity index (χ1n) is 10.5. The van der Waals surface area contributed by atoms with Gasteiger partial charge >= 0.3 is 0 Å². The number of amides is 2. The van der Waals surface area contributed by atoms with E-state index >= 15 is 0 Å². The minimum Gasteiger partial charge on any atom is -0.364 e. The van der Waals surface area contributed by atoms with Crippen molar-refractivity contribution in [2.45, 2.75) is 77.0 Å². The topological polar surface area (TPSA) is 52.7 Å². The van der Waals surface area contributed by atoms with Gasteiger partial charge in [-0.2, -0.15) is 0 Å². The molecule has 28 heavy (non-hydrogen) atoms. The maximum atomic E-state index is 13.8. The van der Waals surface area contributed by atoms with Gasteiger partial charge in [0, 0.05) is 23.3 Å². The molecule has 3 atom stereocenters. The summed E-state index contributed by atoms with van der Waals surface area (Å²) in [5.74, 6) is 0.0789. The summed E-state index contributed by atoms with van der Waals surface area (Å²) in [6, 6.07) is 7.69. The van der Waals surface area contributed by atoms with Gasteiger partial charge in [-0.1, -0.05) is 44.0 Å². The summed E-state index contributed by atoms with van der Waals surface area (Å²) in [5, 5.41) is 3.60. The Bertz CT molecular complexity index is 854. The second kappa shape index (κ2) is 6.36. The van der Waals surface area contributed by atoms with Crippen LogP contribution in [0.15, 0.2) is 35.9 Å². The Morgan fingerprint density at radius 1 is 1.18 bits per heavy atom. The number of benzene rings is 1. The van der Waals surface area contributed by atoms with Gasteiger partial charge in [-0.3, -0.25) is 9.59 Å². The van der Waals surface area contributed by atoms with Crippen molar-refractivity contribution < 1.29 is 9.59 Å². The minimum absolute atomic E-state index is 0.0222. The number of allylic oxidation sites excluding steroid dienone is 1. The lowest BCUT2D eigenvalue weighted by molar-refractivity contribution is -0.141. The number of fused-ring (bicyclic) bond motifs is 1. The van der Waals surface area contributed by atoms with Crippen molar-refractivity contribution in [1.29, 1.82) is 0 Å². The molecule has 0 aromatic heterocycles. The summed E-state index contributed by atoms with van der Waals surface area (Å²) in [5.41, 5.74) is 1.88. The number of hydrogen-bond donors (Lipinski definition) is 1. The van der Waals surface area contributed by atoms with Crippen LogP contribution in [-0.2, 0) is 15.0 Å². The summed E-state index contributed by atoms with van der Waals surface area (Å²) in [4.78, 5) is 31.0. The fourth-order valence-corrected chi connectivity index (χ4v) is 5.51. The third-order valence-corrected chi connectivity index (χ3v) is 6.52. The van der Waals surface area contributed by atoms with Gasteiger partial charge in [0.2, 0.25) is 5.91 Å². The molecular formula is C23H31N3O2. The maximum Gasteiger partial charge on any atom is 0.251 e. The van der Waals surface area contributed by atoms with E-state index in [-0.39, 0.29) is 23.5 Å². The number of likely N-dealkylation sites (tertiary alicyclic amines) is 2. The Hall–Kier alpha value is -2.30. The highest BCUT2D eigenvalue weighted by atomic mass is 16.2. The first-order valence-corrected chi connectivity index (χ1v) is 10.5. The molecule has 2 amide bonds. The van der Waals surface area contributed by atoms with Crippen LogP contribution in [0.3, 0.4) is 0 Å². The van der Waals surface area contributed by atoms with Gasteiger partial charge in [-0.25, -0.2) is 0 Å². The van der Waals surface area contributed by atoms with Crippen molar-refractivity contribution in [3.63, 3.8) is 0 Å². The molecule has 2 saturated heterocycles. The normalized spacial score (nSPS) is 30.0. The highest BCUT2D eigenvalue weighted by Gasteiger charge is 2.73. The molecule has 0 aliphatic carbocycles. The fraction of sp³-hybridized carbons (Fsp3) is 0.565. The highest BCUT2D eigenvalue weighted by Crippen LogP contribution is 2.59. The van der Waals surface area contributed by atoms with Gasteiger partial charge in [-0.05, 0) is 45.7 Å². The van der Waals surface area contributed by atoms with E-state index in [1.165, 1.54) is 0 Å². The van der Waals surface area contributed by atoms with Crippen molar-refractivity contribution in [1.82, 2.24) is 9.80 Å². The molecule has 2 fully saturated rings. The second-order valence-corrected chi connectivity index (χ2v) is 9.15. The highest BCUT2D eigenvalue weighted by molar-refractivity contribution is 6.09. The Labute approximate surface area is 167 Å². The molecule has 1 aromatic carbocycles. The van der Waals surface area contributed by atoms with E-state index < -0.39 is 11.5 Å². The zero-order valence-corrected chi connectivity index (χ0v) is 17.6. The summed E-state index contributed by atoms with van der Waals surface area (Å²) < 4.78 is 0. The van der Waals surface area contributed by atoms with Crippen LogP contribution < -0.4 is 5.32 Å². The second-order valence-electron chi connectivity index (χ2n) is 9.15. The van der Waals surface area contributed by atoms with Gasteiger partial charge in [0.25, 0.3) is 5.91 Å². The molecule has 1 N–H and O–H groups in total. The van der Waals surface area contributed by atoms with Crippen LogP contribution in [0.4, 0.5) is 5.69 Å². The van der Waals surface area contributed by atoms with E-state index in [4.69, 9.17) is 0 Å². The SMILES string of the molecule is C/C=C1/C(=O)N(CCCCC)[C@H]2C(=O)N(C(C)(C)C)[C@@H]3Nc4ccccc4[C@]123. The fourth-order valence-electron chi connectivity index (χ4n) is 5.51. The predicted octanol–water partition coefficient (Wildman–Crippen LogP) is 3.66. The van der Waals surface area contributed by atoms with E-state index in [9.17, 15) is 9.59 Å². The minimum atomic E-state index is -0.640. The molecule has 0 radical (unpaired) electrons. The number of unbranched alkanes of at least 4 members (excludes halogenated alkanes) is 2. The number of nitrogens with one attached hydrogen (secondary N) is 1. The van der Waals surface area contributed by atoms with Crippen molar-refractivity contribution in [3.05, 3.63) is 41.5 Å². The number of carbonyl (C=O) groups excluding carboxylic acids is 2. The molecule has 3 aliphatic heterocycles. The number of nitrogens with zero attached hydrogens (tertiary/aromatic N) is 2. The van der Waals surface area contributed by atoms with Crippen LogP contribution in [0, 0.1) is 0 Å². The average molecular weight is 382 g/mol. The molecule has 150 valence electrons. The van der Waals surface area contributed by atoms with Crippen molar-refractivity contribution in [3.8, 4) is 0 Å². The van der Waals surface area contributed by atoms with E-state index in [0.29, 0.717) is 6.54 Å². The quantitative estimate of drug-likeness (QED) is 0.640. The number of para-hydroxylation sites is 1. The van der Waals surface area contributed by atoms with Crippen LogP contribution in [0.2, 0.25) is 0 Å². The maximum absolute atomic E-state index is 13.8. The monoisotopic (exact) mass is 381 g/mol. The van der Waals surface area contributed by atoms with Crippen LogP contribution in [0.5, 0.6) is 0 Å². The smallest absolute Gasteiger partial charge is 0.251 e. The van der Waals surface area contributed by atoms with Crippen LogP contribution in [-0.4, -0.2) is 45.9 Å². The van der Waals surface area contributed by atoms with Crippen LogP contribution >= 0.6 is 0 Å². The average Bonchev–Trinajstić information content (AvgIpc) is 3.17. The largest absolute Gasteiger partial charge is 0.364 e. The molecule has 1 spiro atoms. The molecule has 5 heteroatoms. The van der Waals surface area contributed by atoms with Crippen molar-refractivity contribution >= 4 is 17.5 Å². The summed E-state index contributed by atoms with van der Waals surface area (Å²) in [6.45, 7) is 10.9. The Morgan fingerprint density at radius 3 is 2.54 bits per heavy atom. The first-order chi connectivity index (χ1) is 13.3. The number of carbonyl (C=O) groups is 2. The molecule has 0 bridgehead atoms. The molecule has 0 saturated carbocycles. The van der Waals surface area contributed by atoms with Gasteiger partial charge in [-0.15, -0.1) is 0 Å². The number of anilines is 1. The van der Waals surface area contributed by atoms with Crippen LogP contribution in [0.1, 0.15) is 59.4 Å². The van der Waals surface area contributed by atoms with E-state index in [1.54, 1.807) is 0 Å². The summed E-state index contributed by atoms with van der Waals surface area (Å²) >= 11 is 0. The number of hydrogen-bond acceptors (Lipinski definition) is 3. The van der Waals surface area contributed by atoms with Gasteiger partial charge in [0.1, 0.15) is 12.2 Å². The first kappa shape index (κ1) is 19.0. The summed E-state index contributed by atoms with van der Waals surface area (Å²) in [7, 11) is 0. The van der Waals surface area contributed by atoms with Crippen LogP contribution in [0.25, 0.3) is 0 Å². The third kappa shape index (κ3) is 2.25. The predicted molar refractivity (Wildman–Crippen MR) is 111 cm³/mol. The lowest BCUT2D eigenvalue weighted by atomic mass is 9.72. The lowest BCUT2D eigenvalue weighted by Gasteiger charge is -2.39. The molecule has 4 rings (SSSR count). The van der Waals surface area contributed by atoms with Crippen molar-refractivity contribution in [2.24, 2.45) is 0 Å². The molecular weight excluding hydrogens is 350 g/mol. The zero-order chi connectivity index (χ0) is 20.3. The van der Waals surface area contributed by atoms with Gasteiger partial charge in [0.15, 0.2) is 0 Å². The van der Waals surface area contributed by atoms with E-state index in [1.807, 2.05) is 34.9 Å². The molecule has 0 unspecified atom stereocenters. The Kier molecular flexibility index (Phi) is 4.32. The Morgan fingerprint density at radius 2 is 1.89 bits per heavy atom. The Balaban J connectivity index is 1.92. The van der Waals surface area contributed by atoms with E-state index in [2.05, 4.69) is 45.1 Å². The van der Waals surface area contributed by atoms with Crippen molar-refractivity contribution in [2.75, 3.05) is 11.9 Å². The van der Waals surface area contributed by atoms with Gasteiger partial charge in [0.05, 0.1) is 5.41 Å². The van der Waals surface area contributed by atoms with E-state index in [0.717, 1.165) is 36.1 Å². The molecule has 3 heterocycles. The molecule has 3 aliphatic rings. The molecule has 1 aromatic rings. The molecule has 5 nitrogen and oxygen atoms in total. The number of rotatable bonds is 4. The lowest BCUT2D eigenvalue weighted by Crippen LogP contribution is -2.53. The summed E-state index contributed by atoms with van der Waals surface area (Å²) in [6.07, 6.45) is 4.77. The zero-order valence-electron chi connectivity index (χ0n) is 17.6. The standard InChI is InChI=1S/C23H31N3O2/c1-6-8-11-14-25-18-20(28)26(22(3,4)5)21-23(18,15(7-2)19(25)27)16-12-9-10-13-17(16)24-21/h7,9-10,12-13,18,21,24H,6,8,11,14H2,1-5H3/b15-7-/t18-,21-,23+/m0/s1. The third-order valence-electron chi connectivity index (χ3n) is 6.52.